The second-order valence-corrected chi connectivity index (χ2v) is 6.02. The lowest BCUT2D eigenvalue weighted by Gasteiger charge is -2.30. The summed E-state index contributed by atoms with van der Waals surface area (Å²) in [4.78, 5) is 12.7. The van der Waals surface area contributed by atoms with Gasteiger partial charge in [0.2, 0.25) is 0 Å². The third kappa shape index (κ3) is 2.45. The van der Waals surface area contributed by atoms with Crippen LogP contribution in [0.25, 0.3) is 0 Å². The van der Waals surface area contributed by atoms with Crippen LogP contribution in [-0.4, -0.2) is 22.7 Å². The smallest absolute Gasteiger partial charge is 0.268 e. The Morgan fingerprint density at radius 2 is 1.68 bits per heavy atom. The second kappa shape index (κ2) is 5.26. The van der Waals surface area contributed by atoms with E-state index in [0.717, 1.165) is 5.69 Å². The summed E-state index contributed by atoms with van der Waals surface area (Å²) >= 11 is 0. The van der Waals surface area contributed by atoms with Crippen LogP contribution in [-0.2, 0) is 4.79 Å². The van der Waals surface area contributed by atoms with E-state index in [1.807, 2.05) is 49.2 Å². The first-order valence-electron chi connectivity index (χ1n) is 7.21. The van der Waals surface area contributed by atoms with E-state index < -0.39 is 5.41 Å². The zero-order valence-electron chi connectivity index (χ0n) is 12.7. The largest absolute Gasteiger partial charge is 0.506 e. The number of nitrogens with zero attached hydrogens (tertiary/aromatic N) is 2. The van der Waals surface area contributed by atoms with Gasteiger partial charge in [0.15, 0.2) is 0 Å². The normalized spacial score (nSPS) is 16.9. The summed E-state index contributed by atoms with van der Waals surface area (Å²) in [6.07, 6.45) is 0. The molecule has 114 valence electrons. The van der Waals surface area contributed by atoms with Crippen LogP contribution >= 0.6 is 0 Å². The minimum Gasteiger partial charge on any atom is -0.506 e. The molecule has 1 aliphatic heterocycles. The highest BCUT2D eigenvalue weighted by Crippen LogP contribution is 2.34. The molecule has 0 unspecified atom stereocenters. The Labute approximate surface area is 129 Å². The molecule has 0 bridgehead atoms. The van der Waals surface area contributed by atoms with E-state index in [2.05, 4.69) is 5.43 Å². The Kier molecular flexibility index (Phi) is 3.41. The Morgan fingerprint density at radius 1 is 1.05 bits per heavy atom. The molecule has 2 aromatic rings. The van der Waals surface area contributed by atoms with E-state index >= 15 is 0 Å². The monoisotopic (exact) mass is 297 g/mol. The van der Waals surface area contributed by atoms with Gasteiger partial charge in [-0.15, -0.1) is 0 Å². The lowest BCUT2D eigenvalue weighted by atomic mass is 9.94. The van der Waals surface area contributed by atoms with Gasteiger partial charge in [0.1, 0.15) is 5.75 Å². The number of anilines is 2. The van der Waals surface area contributed by atoms with Gasteiger partial charge >= 0.3 is 0 Å². The molecular weight excluding hydrogens is 278 g/mol. The topological polar surface area (TPSA) is 55.8 Å². The van der Waals surface area contributed by atoms with E-state index in [4.69, 9.17) is 0 Å². The number of aromatic hydroxyl groups is 1. The van der Waals surface area contributed by atoms with Gasteiger partial charge in [-0.25, -0.2) is 0 Å². The average Bonchev–Trinajstić information content (AvgIpc) is 2.74. The molecule has 0 atom stereocenters. The molecule has 0 spiro atoms. The zero-order chi connectivity index (χ0) is 15.7. The van der Waals surface area contributed by atoms with Gasteiger partial charge in [-0.2, -0.15) is 5.12 Å². The van der Waals surface area contributed by atoms with Gasteiger partial charge in [-0.3, -0.25) is 15.2 Å². The van der Waals surface area contributed by atoms with Crippen LogP contribution in [0.15, 0.2) is 54.6 Å². The van der Waals surface area contributed by atoms with Crippen molar-refractivity contribution in [3.63, 3.8) is 0 Å². The van der Waals surface area contributed by atoms with E-state index in [9.17, 15) is 9.90 Å². The summed E-state index contributed by atoms with van der Waals surface area (Å²) in [6, 6.07) is 16.6. The molecule has 0 radical (unpaired) electrons. The molecule has 0 saturated carbocycles. The summed E-state index contributed by atoms with van der Waals surface area (Å²) < 4.78 is 0. The number of para-hydroxylation sites is 3. The number of phenolic OH excluding ortho intramolecular Hbond substituents is 1. The molecule has 5 heteroatoms. The quantitative estimate of drug-likeness (QED) is 0.855. The van der Waals surface area contributed by atoms with Crippen molar-refractivity contribution in [2.24, 2.45) is 5.41 Å². The van der Waals surface area contributed by atoms with Crippen molar-refractivity contribution in [3.05, 3.63) is 54.6 Å². The predicted molar refractivity (Wildman–Crippen MR) is 86.1 cm³/mol. The van der Waals surface area contributed by atoms with Crippen LogP contribution in [0.3, 0.4) is 0 Å². The minimum absolute atomic E-state index is 0.0420. The number of carbonyl (C=O) groups excluding carboxylic acids is 1. The molecule has 2 aromatic carbocycles. The maximum Gasteiger partial charge on any atom is 0.268 e. The molecule has 5 nitrogen and oxygen atoms in total. The molecule has 1 aliphatic rings. The number of hydrazine groups is 2. The summed E-state index contributed by atoms with van der Waals surface area (Å²) in [5.74, 6) is 0.0626. The number of rotatable bonds is 3. The van der Waals surface area contributed by atoms with Crippen molar-refractivity contribution in [3.8, 4) is 5.75 Å². The third-order valence-corrected chi connectivity index (χ3v) is 3.74. The first-order chi connectivity index (χ1) is 10.5. The Morgan fingerprint density at radius 3 is 2.36 bits per heavy atom. The fourth-order valence-electron chi connectivity index (χ4n) is 2.51. The number of amides is 1. The van der Waals surface area contributed by atoms with Gasteiger partial charge in [-0.1, -0.05) is 30.3 Å². The number of carbonyl (C=O) groups is 1. The molecule has 1 heterocycles. The number of hydrogen-bond acceptors (Lipinski definition) is 4. The maximum absolute atomic E-state index is 12.7. The van der Waals surface area contributed by atoms with Gasteiger partial charge in [0, 0.05) is 0 Å². The summed E-state index contributed by atoms with van der Waals surface area (Å²) in [7, 11) is 0. The lowest BCUT2D eigenvalue weighted by Crippen LogP contribution is -2.43. The molecule has 0 aromatic heterocycles. The first-order valence-corrected chi connectivity index (χ1v) is 7.21. The molecule has 2 N–H and O–H groups in total. The van der Waals surface area contributed by atoms with E-state index in [1.54, 1.807) is 24.3 Å². The molecule has 3 rings (SSSR count). The molecule has 1 saturated heterocycles. The van der Waals surface area contributed by atoms with Crippen molar-refractivity contribution in [2.45, 2.75) is 13.8 Å². The fraction of sp³-hybridized carbons (Fsp3) is 0.235. The maximum atomic E-state index is 12.7. The van der Waals surface area contributed by atoms with Crippen molar-refractivity contribution in [2.75, 3.05) is 17.0 Å². The van der Waals surface area contributed by atoms with Crippen LogP contribution < -0.4 is 10.4 Å². The minimum atomic E-state index is -0.507. The molecule has 1 fully saturated rings. The SMILES string of the molecule is CC1(C)CN(c2ccccc2)N(Nc2ccccc2O)C1=O. The fourth-order valence-corrected chi connectivity index (χ4v) is 2.51. The molecule has 22 heavy (non-hydrogen) atoms. The molecular formula is C17H19N3O2. The predicted octanol–water partition coefficient (Wildman–Crippen LogP) is 3.01. The van der Waals surface area contributed by atoms with E-state index in [0.29, 0.717) is 12.2 Å². The van der Waals surface area contributed by atoms with Crippen LogP contribution in [0.5, 0.6) is 5.75 Å². The Balaban J connectivity index is 1.95. The average molecular weight is 297 g/mol. The Bertz CT molecular complexity index is 685. The highest BCUT2D eigenvalue weighted by Gasteiger charge is 2.45. The van der Waals surface area contributed by atoms with Crippen molar-refractivity contribution in [1.29, 1.82) is 0 Å². The van der Waals surface area contributed by atoms with Gasteiger partial charge in [0.25, 0.3) is 5.91 Å². The highest BCUT2D eigenvalue weighted by atomic mass is 16.3. The standard InChI is InChI=1S/C17H19N3O2/c1-17(2)12-19(13-8-4-3-5-9-13)20(16(17)22)18-14-10-6-7-11-15(14)21/h3-11,18,21H,12H2,1-2H3. The van der Waals surface area contributed by atoms with Gasteiger partial charge in [0.05, 0.1) is 23.3 Å². The van der Waals surface area contributed by atoms with Gasteiger partial charge < -0.3 is 5.11 Å². The zero-order valence-corrected chi connectivity index (χ0v) is 12.7. The summed E-state index contributed by atoms with van der Waals surface area (Å²) in [5, 5.41) is 13.3. The van der Waals surface area contributed by atoms with Crippen molar-refractivity contribution >= 4 is 17.3 Å². The lowest BCUT2D eigenvalue weighted by molar-refractivity contribution is -0.133. The number of benzene rings is 2. The second-order valence-electron chi connectivity index (χ2n) is 6.02. The summed E-state index contributed by atoms with van der Waals surface area (Å²) in [5.41, 5.74) is 3.93. The number of nitrogens with one attached hydrogen (secondary N) is 1. The molecule has 0 aliphatic carbocycles. The van der Waals surface area contributed by atoms with Crippen LogP contribution in [0.1, 0.15) is 13.8 Å². The third-order valence-electron chi connectivity index (χ3n) is 3.74. The van der Waals surface area contributed by atoms with Crippen molar-refractivity contribution in [1.82, 2.24) is 5.12 Å². The van der Waals surface area contributed by atoms with Crippen molar-refractivity contribution < 1.29 is 9.90 Å². The van der Waals surface area contributed by atoms with E-state index in [-0.39, 0.29) is 11.7 Å². The number of hydrogen-bond donors (Lipinski definition) is 2. The number of phenols is 1. The van der Waals surface area contributed by atoms with Gasteiger partial charge in [-0.05, 0) is 38.1 Å². The van der Waals surface area contributed by atoms with Crippen LogP contribution in [0.4, 0.5) is 11.4 Å². The van der Waals surface area contributed by atoms with Crippen LogP contribution in [0, 0.1) is 5.41 Å². The Hall–Kier alpha value is -2.69. The first kappa shape index (κ1) is 14.3. The highest BCUT2D eigenvalue weighted by molar-refractivity contribution is 5.88. The molecule has 1 amide bonds. The van der Waals surface area contributed by atoms with E-state index in [1.165, 1.54) is 5.12 Å². The summed E-state index contributed by atoms with van der Waals surface area (Å²) in [6.45, 7) is 4.39. The van der Waals surface area contributed by atoms with Crippen LogP contribution in [0.2, 0.25) is 0 Å².